The molecule has 0 rings (SSSR count). The van der Waals surface area contributed by atoms with E-state index in [1.54, 1.807) is 0 Å². The van der Waals surface area contributed by atoms with E-state index in [1.165, 1.54) is 0 Å². The summed E-state index contributed by atoms with van der Waals surface area (Å²) in [4.78, 5) is 0. The van der Waals surface area contributed by atoms with Crippen LogP contribution in [0.4, 0.5) is 26.3 Å². The zero-order valence-corrected chi connectivity index (χ0v) is 10.6. The summed E-state index contributed by atoms with van der Waals surface area (Å²) in [5.41, 5.74) is -10.2. The third kappa shape index (κ3) is 17.1. The van der Waals surface area contributed by atoms with Gasteiger partial charge in [0.2, 0.25) is 0 Å². The molecule has 4 nitrogen and oxygen atoms in total. The molecule has 16 heavy (non-hydrogen) atoms. The van der Waals surface area contributed by atoms with E-state index in [1.807, 2.05) is 0 Å². The van der Waals surface area contributed by atoms with E-state index < -0.39 is 32.4 Å². The molecular weight excluding hydrogens is 374 g/mol. The molecule has 0 saturated carbocycles. The molecule has 14 heteroatoms. The van der Waals surface area contributed by atoms with Crippen LogP contribution in [0.15, 0.2) is 0 Å². The topological polar surface area (TPSA) is 68.3 Å². The molecule has 0 unspecified atom stereocenters. The van der Waals surface area contributed by atoms with Crippen molar-refractivity contribution < 1.29 is 62.7 Å². The van der Waals surface area contributed by atoms with E-state index in [0.29, 0.717) is 0 Å². The van der Waals surface area contributed by atoms with Crippen LogP contribution in [0.3, 0.4) is 0 Å². The van der Waals surface area contributed by atoms with Crippen molar-refractivity contribution >= 4 is 40.3 Å². The molecule has 0 aliphatic rings. The van der Waals surface area contributed by atoms with E-state index in [0.717, 1.165) is 0 Å². The van der Waals surface area contributed by atoms with Crippen LogP contribution in [0, 0.1) is 0 Å². The standard InChI is InChI=1S/2CF3O2S.Li.Ru.H/c2*2-1(3,4)7(5)6;;;/q2*-1;;+2;. The molecule has 0 aromatic rings. The zero-order chi connectivity index (χ0) is 12.2. The van der Waals surface area contributed by atoms with Gasteiger partial charge in [-0.1, -0.05) is 0 Å². The molecule has 0 bridgehead atoms. The van der Waals surface area contributed by atoms with Gasteiger partial charge in [-0.25, -0.2) is 0 Å². The fraction of sp³-hybridized carbons (Fsp3) is 1.00. The SMILES string of the molecule is O=[S-](=O)C(F)(F)F.O=[S-](=O)C(F)(F)F.[Li].[RuH+2]. The van der Waals surface area contributed by atoms with Gasteiger partial charge in [-0.3, -0.25) is 0 Å². The summed E-state index contributed by atoms with van der Waals surface area (Å²) in [6.07, 6.45) is 0. The Balaban J connectivity index is -0.0000000800. The van der Waals surface area contributed by atoms with Crippen LogP contribution in [0.2, 0.25) is 0 Å². The van der Waals surface area contributed by atoms with Crippen LogP contribution in [-0.2, 0) is 57.7 Å². The van der Waals surface area contributed by atoms with E-state index in [9.17, 15) is 26.3 Å². The Kier molecular flexibility index (Phi) is 15.5. The number of hydrogen-bond donors (Lipinski definition) is 0. The van der Waals surface area contributed by atoms with Gasteiger partial charge in [0.25, 0.3) is 0 Å². The second-order valence-corrected chi connectivity index (χ2v) is 3.23. The van der Waals surface area contributed by atoms with Gasteiger partial charge >= 0.3 is 30.5 Å². The summed E-state index contributed by atoms with van der Waals surface area (Å²) < 4.78 is 99.0. The van der Waals surface area contributed by atoms with Gasteiger partial charge < -0.3 is 16.8 Å². The third-order valence-electron chi connectivity index (χ3n) is 0.378. The molecule has 0 aliphatic carbocycles. The van der Waals surface area contributed by atoms with E-state index >= 15 is 0 Å². The van der Waals surface area contributed by atoms with Gasteiger partial charge in [0.05, 0.1) is 0 Å². The van der Waals surface area contributed by atoms with Crippen molar-refractivity contribution in [3.05, 3.63) is 0 Å². The minimum atomic E-state index is -5.08. The first-order valence-corrected chi connectivity index (χ1v) is 4.36. The van der Waals surface area contributed by atoms with Crippen molar-refractivity contribution in [1.82, 2.24) is 0 Å². The zero-order valence-electron chi connectivity index (χ0n) is 7.10. The van der Waals surface area contributed by atoms with Gasteiger partial charge in [-0.05, 0) is 0 Å². The Morgan fingerprint density at radius 1 is 0.625 bits per heavy atom. The fourth-order valence-corrected chi connectivity index (χ4v) is 0. The monoisotopic (exact) mass is 376 g/mol. The van der Waals surface area contributed by atoms with Crippen LogP contribution >= 0.6 is 0 Å². The van der Waals surface area contributed by atoms with Crippen molar-refractivity contribution in [2.75, 3.05) is 0 Å². The molecule has 0 aromatic heterocycles. The van der Waals surface area contributed by atoms with Crippen LogP contribution in [-0.4, -0.2) is 29.9 Å². The van der Waals surface area contributed by atoms with E-state index in [2.05, 4.69) is 0 Å². The molecule has 0 amide bonds. The van der Waals surface area contributed by atoms with Gasteiger partial charge in [0.1, 0.15) is 0 Å². The summed E-state index contributed by atoms with van der Waals surface area (Å²) in [6.45, 7) is 0. The predicted molar refractivity (Wildman–Crippen MR) is 36.7 cm³/mol. The van der Waals surface area contributed by atoms with Crippen LogP contribution < -0.4 is 0 Å². The molecule has 1 radical (unpaired) electrons. The summed E-state index contributed by atoms with van der Waals surface area (Å²) in [6, 6.07) is 0. The normalized spacial score (nSPS) is 11.0. The van der Waals surface area contributed by atoms with Crippen molar-refractivity contribution in [2.45, 2.75) is 11.0 Å². The minimum absolute atomic E-state index is 0. The summed E-state index contributed by atoms with van der Waals surface area (Å²) in [5, 5.41) is 0. The first kappa shape index (κ1) is 25.5. The summed E-state index contributed by atoms with van der Waals surface area (Å²) in [7, 11) is -7.87. The van der Waals surface area contributed by atoms with Crippen molar-refractivity contribution in [3.8, 4) is 0 Å². The van der Waals surface area contributed by atoms with Gasteiger partial charge in [0, 0.05) is 40.3 Å². The molecule has 0 atom stereocenters. The number of halogens is 6. The first-order valence-electron chi connectivity index (χ1n) is 2.21. The van der Waals surface area contributed by atoms with Crippen molar-refractivity contribution in [2.24, 2.45) is 0 Å². The quantitative estimate of drug-likeness (QED) is 0.360. The Morgan fingerprint density at radius 2 is 0.688 bits per heavy atom. The summed E-state index contributed by atoms with van der Waals surface area (Å²) >= 11 is 0. The number of hydrogen-bond acceptors (Lipinski definition) is 6. The molecule has 0 aromatic carbocycles. The van der Waals surface area contributed by atoms with E-state index in [-0.39, 0.29) is 38.3 Å². The van der Waals surface area contributed by atoms with Gasteiger partial charge in [-0.15, -0.1) is 0 Å². The Labute approximate surface area is 114 Å². The Bertz CT molecular complexity index is 269. The molecule has 0 aliphatic heterocycles. The number of rotatable bonds is 0. The van der Waals surface area contributed by atoms with Crippen molar-refractivity contribution in [1.29, 1.82) is 0 Å². The third-order valence-corrected chi connectivity index (χ3v) is 1.13. The van der Waals surface area contributed by atoms with Gasteiger partial charge in [-0.2, -0.15) is 26.3 Å². The van der Waals surface area contributed by atoms with Crippen LogP contribution in [0.5, 0.6) is 0 Å². The first-order chi connectivity index (χ1) is 5.89. The summed E-state index contributed by atoms with van der Waals surface area (Å²) in [5.74, 6) is 0. The molecule has 0 fully saturated rings. The average Bonchev–Trinajstić information content (AvgIpc) is 1.83. The molecule has 0 N–H and O–H groups in total. The second-order valence-electron chi connectivity index (χ2n) is 1.36. The van der Waals surface area contributed by atoms with Crippen LogP contribution in [0.1, 0.15) is 0 Å². The second kappa shape index (κ2) is 9.70. The molecule has 96 valence electrons. The fourth-order valence-electron chi connectivity index (χ4n) is 0. The average molecular weight is 375 g/mol. The number of alkyl halides is 6. The van der Waals surface area contributed by atoms with Gasteiger partial charge in [0.15, 0.2) is 0 Å². The molecule has 0 spiro atoms. The van der Waals surface area contributed by atoms with Crippen molar-refractivity contribution in [3.63, 3.8) is 0 Å². The maximum atomic E-state index is 10.6. The Morgan fingerprint density at radius 3 is 0.688 bits per heavy atom. The molecular formula is C2HF6LiO4RuS2. The van der Waals surface area contributed by atoms with E-state index in [4.69, 9.17) is 16.8 Å². The molecule has 0 heterocycles. The predicted octanol–water partition coefficient (Wildman–Crippen LogP) is 0.980. The molecule has 0 saturated heterocycles. The Hall–Kier alpha value is 0.701. The van der Waals surface area contributed by atoms with Crippen LogP contribution in [0.25, 0.3) is 0 Å². The maximum absolute atomic E-state index is 10.6.